The van der Waals surface area contributed by atoms with E-state index in [1.165, 1.54) is 0 Å². The molecule has 0 saturated carbocycles. The lowest BCUT2D eigenvalue weighted by Gasteiger charge is -2.10. The van der Waals surface area contributed by atoms with E-state index >= 15 is 0 Å². The second-order valence-corrected chi connectivity index (χ2v) is 5.55. The Labute approximate surface area is 150 Å². The second kappa shape index (κ2) is 9.02. The summed E-state index contributed by atoms with van der Waals surface area (Å²) in [5.41, 5.74) is 1.60. The minimum Gasteiger partial charge on any atom is -0.377 e. The van der Waals surface area contributed by atoms with Gasteiger partial charge >= 0.3 is 0 Å². The van der Waals surface area contributed by atoms with Gasteiger partial charge in [-0.15, -0.1) is 0 Å². The highest BCUT2D eigenvalue weighted by atomic mass is 16.5. The van der Waals surface area contributed by atoms with Crippen LogP contribution in [0.3, 0.4) is 0 Å². The van der Waals surface area contributed by atoms with E-state index in [1.807, 2.05) is 0 Å². The average Bonchev–Trinajstić information content (AvgIpc) is 2.68. The van der Waals surface area contributed by atoms with Crippen molar-refractivity contribution in [3.05, 3.63) is 47.8 Å². The standard InChI is InChI=1S/C18H20N4O4/c23-17-15-5-1-3-13(21-15)14-4-2-6-16(22-14)18(24)20-8-10-26-12-11-25-9-7-19-17/h1-6H,7-12H2,(H,19,23)(H,20,24). The van der Waals surface area contributed by atoms with Crippen molar-refractivity contribution in [3.8, 4) is 11.4 Å². The van der Waals surface area contributed by atoms with Crippen LogP contribution < -0.4 is 10.6 Å². The van der Waals surface area contributed by atoms with Gasteiger partial charge in [-0.25, -0.2) is 9.97 Å². The van der Waals surface area contributed by atoms with Crippen molar-refractivity contribution in [1.82, 2.24) is 20.6 Å². The Balaban J connectivity index is 1.85. The summed E-state index contributed by atoms with van der Waals surface area (Å²) < 4.78 is 10.8. The third kappa shape index (κ3) is 4.84. The molecule has 3 rings (SSSR count). The molecular weight excluding hydrogens is 336 g/mol. The molecule has 0 aliphatic carbocycles. The van der Waals surface area contributed by atoms with Crippen molar-refractivity contribution in [3.63, 3.8) is 0 Å². The Morgan fingerprint density at radius 2 is 1.08 bits per heavy atom. The fourth-order valence-electron chi connectivity index (χ4n) is 2.38. The van der Waals surface area contributed by atoms with Gasteiger partial charge in [0.15, 0.2) is 0 Å². The molecule has 8 nitrogen and oxygen atoms in total. The van der Waals surface area contributed by atoms with E-state index in [1.54, 1.807) is 36.4 Å². The second-order valence-electron chi connectivity index (χ2n) is 5.55. The van der Waals surface area contributed by atoms with Crippen LogP contribution >= 0.6 is 0 Å². The molecule has 0 atom stereocenters. The number of fused-ring (bicyclic) bond motifs is 5. The van der Waals surface area contributed by atoms with Crippen molar-refractivity contribution in [1.29, 1.82) is 0 Å². The molecule has 0 spiro atoms. The summed E-state index contributed by atoms with van der Waals surface area (Å²) in [6.45, 7) is 2.37. The van der Waals surface area contributed by atoms with Crippen LogP contribution in [0, 0.1) is 0 Å². The summed E-state index contributed by atoms with van der Waals surface area (Å²) in [7, 11) is 0. The molecule has 2 aromatic rings. The summed E-state index contributed by atoms with van der Waals surface area (Å²) >= 11 is 0. The number of hydrogen-bond acceptors (Lipinski definition) is 6. The summed E-state index contributed by atoms with van der Waals surface area (Å²) in [4.78, 5) is 33.1. The van der Waals surface area contributed by atoms with Gasteiger partial charge in [0.05, 0.1) is 37.8 Å². The number of amides is 2. The third-order valence-corrected chi connectivity index (χ3v) is 3.66. The first-order valence-corrected chi connectivity index (χ1v) is 8.40. The first-order valence-electron chi connectivity index (χ1n) is 8.40. The van der Waals surface area contributed by atoms with Crippen LogP contribution in [0.2, 0.25) is 0 Å². The van der Waals surface area contributed by atoms with Gasteiger partial charge in [0, 0.05) is 13.1 Å². The summed E-state index contributed by atoms with van der Waals surface area (Å²) in [6, 6.07) is 10.2. The zero-order valence-corrected chi connectivity index (χ0v) is 14.2. The molecule has 4 bridgehead atoms. The fourth-order valence-corrected chi connectivity index (χ4v) is 2.38. The molecule has 8 heteroatoms. The number of rotatable bonds is 0. The summed E-state index contributed by atoms with van der Waals surface area (Å²) in [5.74, 6) is -0.580. The molecule has 136 valence electrons. The number of aromatic nitrogens is 2. The molecule has 1 aliphatic rings. The van der Waals surface area contributed by atoms with E-state index in [0.29, 0.717) is 50.9 Å². The predicted molar refractivity (Wildman–Crippen MR) is 93.8 cm³/mol. The van der Waals surface area contributed by atoms with E-state index in [0.717, 1.165) is 0 Å². The van der Waals surface area contributed by atoms with Crippen molar-refractivity contribution >= 4 is 11.8 Å². The SMILES string of the molecule is O=C1NCCOCCOCCNC(=O)c2cccc(n2)-c2cccc1n2. The summed E-state index contributed by atoms with van der Waals surface area (Å²) in [6.07, 6.45) is 0. The smallest absolute Gasteiger partial charge is 0.269 e. The molecule has 1 aliphatic heterocycles. The van der Waals surface area contributed by atoms with E-state index in [2.05, 4.69) is 20.6 Å². The highest BCUT2D eigenvalue weighted by Crippen LogP contribution is 2.15. The van der Waals surface area contributed by atoms with Crippen molar-refractivity contribution < 1.29 is 19.1 Å². The van der Waals surface area contributed by atoms with Gasteiger partial charge in [-0.1, -0.05) is 12.1 Å². The van der Waals surface area contributed by atoms with Crippen LogP contribution in [0.1, 0.15) is 21.0 Å². The third-order valence-electron chi connectivity index (χ3n) is 3.66. The topological polar surface area (TPSA) is 102 Å². The summed E-state index contributed by atoms with van der Waals surface area (Å²) in [5, 5.41) is 5.52. The fraction of sp³-hybridized carbons (Fsp3) is 0.333. The van der Waals surface area contributed by atoms with Crippen molar-refractivity contribution in [2.75, 3.05) is 39.5 Å². The van der Waals surface area contributed by atoms with Gasteiger partial charge in [0.25, 0.3) is 11.8 Å². The number of hydrogen-bond donors (Lipinski definition) is 2. The van der Waals surface area contributed by atoms with Crippen LogP contribution in [0.5, 0.6) is 0 Å². The largest absolute Gasteiger partial charge is 0.377 e. The first-order chi connectivity index (χ1) is 12.7. The molecule has 26 heavy (non-hydrogen) atoms. The normalized spacial score (nSPS) is 16.8. The minimum atomic E-state index is -0.290. The molecule has 2 aromatic heterocycles. The van der Waals surface area contributed by atoms with Gasteiger partial charge in [0.1, 0.15) is 11.4 Å². The van der Waals surface area contributed by atoms with Crippen molar-refractivity contribution in [2.45, 2.75) is 0 Å². The molecule has 3 heterocycles. The molecule has 0 fully saturated rings. The molecule has 0 unspecified atom stereocenters. The maximum absolute atomic E-state index is 12.2. The number of carbonyl (C=O) groups is 2. The Bertz CT molecular complexity index is 716. The highest BCUT2D eigenvalue weighted by Gasteiger charge is 2.12. The van der Waals surface area contributed by atoms with Crippen molar-refractivity contribution in [2.24, 2.45) is 0 Å². The van der Waals surface area contributed by atoms with Crippen LogP contribution in [-0.4, -0.2) is 61.3 Å². The lowest BCUT2D eigenvalue weighted by molar-refractivity contribution is 0.0485. The lowest BCUT2D eigenvalue weighted by Crippen LogP contribution is -2.29. The molecule has 2 amide bonds. The minimum absolute atomic E-state index is 0.281. The average molecular weight is 356 g/mol. The Hall–Kier alpha value is -2.84. The van der Waals surface area contributed by atoms with Gasteiger partial charge in [-0.3, -0.25) is 9.59 Å². The number of nitrogens with one attached hydrogen (secondary N) is 2. The molecule has 0 radical (unpaired) electrons. The zero-order valence-electron chi connectivity index (χ0n) is 14.2. The lowest BCUT2D eigenvalue weighted by atomic mass is 10.2. The molecule has 0 aromatic carbocycles. The van der Waals surface area contributed by atoms with E-state index in [9.17, 15) is 9.59 Å². The Morgan fingerprint density at radius 1 is 0.654 bits per heavy atom. The van der Waals surface area contributed by atoms with Gasteiger partial charge in [0.2, 0.25) is 0 Å². The first kappa shape index (κ1) is 18.0. The highest BCUT2D eigenvalue weighted by molar-refractivity contribution is 5.93. The van der Waals surface area contributed by atoms with Gasteiger partial charge in [-0.2, -0.15) is 0 Å². The Kier molecular flexibility index (Phi) is 6.24. The number of carbonyl (C=O) groups excluding carboxylic acids is 2. The quantitative estimate of drug-likeness (QED) is 0.719. The number of pyridine rings is 2. The molecule has 2 N–H and O–H groups in total. The Morgan fingerprint density at radius 3 is 1.54 bits per heavy atom. The van der Waals surface area contributed by atoms with Gasteiger partial charge < -0.3 is 20.1 Å². The van der Waals surface area contributed by atoms with Gasteiger partial charge in [-0.05, 0) is 24.3 Å². The van der Waals surface area contributed by atoms with Crippen LogP contribution in [0.4, 0.5) is 0 Å². The molecule has 0 saturated heterocycles. The van der Waals surface area contributed by atoms with Crippen LogP contribution in [-0.2, 0) is 9.47 Å². The number of nitrogens with zero attached hydrogens (tertiary/aromatic N) is 2. The maximum Gasteiger partial charge on any atom is 0.269 e. The van der Waals surface area contributed by atoms with Crippen LogP contribution in [0.15, 0.2) is 36.4 Å². The van der Waals surface area contributed by atoms with E-state index in [4.69, 9.17) is 9.47 Å². The molecular formula is C18H20N4O4. The maximum atomic E-state index is 12.2. The van der Waals surface area contributed by atoms with Crippen LogP contribution in [0.25, 0.3) is 11.4 Å². The monoisotopic (exact) mass is 356 g/mol. The zero-order chi connectivity index (χ0) is 18.2. The van der Waals surface area contributed by atoms with E-state index in [-0.39, 0.29) is 23.2 Å². The number of ether oxygens (including phenoxy) is 2. The van der Waals surface area contributed by atoms with E-state index < -0.39 is 0 Å². The predicted octanol–water partition coefficient (Wildman–Crippen LogP) is 0.650.